The van der Waals surface area contributed by atoms with Crippen LogP contribution >= 0.6 is 0 Å². The van der Waals surface area contributed by atoms with Crippen molar-refractivity contribution in [2.45, 2.75) is 0 Å². The Kier molecular flexibility index (Phi) is 8.79. The van der Waals surface area contributed by atoms with E-state index in [9.17, 15) is 0 Å². The Balaban J connectivity index is 0.974. The van der Waals surface area contributed by atoms with Gasteiger partial charge in [0.05, 0.1) is 11.0 Å². The second-order valence-electron chi connectivity index (χ2n) is 16.0. The molecule has 4 nitrogen and oxygen atoms in total. The summed E-state index contributed by atoms with van der Waals surface area (Å²) in [6.07, 6.45) is 0. The van der Waals surface area contributed by atoms with Gasteiger partial charge in [-0.05, 0) is 97.4 Å². The summed E-state index contributed by atoms with van der Waals surface area (Å²) in [4.78, 5) is 15.5. The predicted molar refractivity (Wildman–Crippen MR) is 262 cm³/mol. The number of fused-ring (bicyclic) bond motifs is 6. The second-order valence-corrected chi connectivity index (χ2v) is 16.0. The van der Waals surface area contributed by atoms with Crippen molar-refractivity contribution in [3.8, 4) is 73.2 Å². The molecule has 12 rings (SSSR count). The van der Waals surface area contributed by atoms with E-state index in [4.69, 9.17) is 15.0 Å². The molecule has 0 N–H and O–H groups in total. The van der Waals surface area contributed by atoms with Crippen molar-refractivity contribution in [2.24, 2.45) is 0 Å². The normalized spacial score (nSPS) is 11.5. The first-order chi connectivity index (χ1) is 31.2. The number of hydrogen-bond donors (Lipinski definition) is 0. The highest BCUT2D eigenvalue weighted by Crippen LogP contribution is 2.39. The Hall–Kier alpha value is -8.47. The average Bonchev–Trinajstić information content (AvgIpc) is 3.71. The smallest absolute Gasteiger partial charge is 0.164 e. The lowest BCUT2D eigenvalue weighted by Gasteiger charge is -2.13. The third-order valence-corrected chi connectivity index (χ3v) is 12.3. The molecule has 0 saturated carbocycles. The van der Waals surface area contributed by atoms with Crippen molar-refractivity contribution in [3.05, 3.63) is 231 Å². The van der Waals surface area contributed by atoms with Gasteiger partial charge in [0, 0.05) is 33.2 Å². The van der Waals surface area contributed by atoms with Gasteiger partial charge < -0.3 is 4.57 Å². The average molecular weight is 803 g/mol. The molecular formula is C59H38N4. The largest absolute Gasteiger partial charge is 0.309 e. The summed E-state index contributed by atoms with van der Waals surface area (Å²) in [5, 5.41) is 7.44. The number of nitrogens with zero attached hydrogens (tertiary/aromatic N) is 4. The molecule has 0 spiro atoms. The third kappa shape index (κ3) is 6.44. The van der Waals surface area contributed by atoms with Gasteiger partial charge in [-0.15, -0.1) is 0 Å². The van der Waals surface area contributed by atoms with Crippen molar-refractivity contribution >= 4 is 43.4 Å². The van der Waals surface area contributed by atoms with E-state index in [-0.39, 0.29) is 0 Å². The minimum atomic E-state index is 0.616. The van der Waals surface area contributed by atoms with E-state index in [1.807, 2.05) is 6.07 Å². The number of rotatable bonds is 7. The first kappa shape index (κ1) is 36.4. The van der Waals surface area contributed by atoms with E-state index >= 15 is 0 Å². The molecule has 0 atom stereocenters. The highest BCUT2D eigenvalue weighted by molar-refractivity contribution is 6.21. The van der Waals surface area contributed by atoms with Gasteiger partial charge in [-0.25, -0.2) is 15.0 Å². The summed E-state index contributed by atoms with van der Waals surface area (Å²) < 4.78 is 2.36. The molecule has 0 aliphatic rings. The molecule has 294 valence electrons. The van der Waals surface area contributed by atoms with Gasteiger partial charge in [-0.3, -0.25) is 0 Å². The van der Waals surface area contributed by atoms with E-state index < -0.39 is 0 Å². The van der Waals surface area contributed by atoms with Crippen LogP contribution in [0.2, 0.25) is 0 Å². The molecule has 0 saturated heterocycles. The first-order valence-corrected chi connectivity index (χ1v) is 21.4. The zero-order valence-corrected chi connectivity index (χ0v) is 34.2. The van der Waals surface area contributed by atoms with E-state index in [2.05, 4.69) is 229 Å². The highest BCUT2D eigenvalue weighted by Gasteiger charge is 2.18. The minimum absolute atomic E-state index is 0.616. The zero-order chi connectivity index (χ0) is 41.7. The topological polar surface area (TPSA) is 43.6 Å². The van der Waals surface area contributed by atoms with E-state index in [0.717, 1.165) is 39.1 Å². The number of para-hydroxylation sites is 1. The molecule has 2 heterocycles. The fraction of sp³-hybridized carbons (Fsp3) is 0. The fourth-order valence-corrected chi connectivity index (χ4v) is 9.25. The van der Waals surface area contributed by atoms with Crippen LogP contribution in [0.5, 0.6) is 0 Å². The van der Waals surface area contributed by atoms with Crippen molar-refractivity contribution in [2.75, 3.05) is 0 Å². The maximum absolute atomic E-state index is 5.18. The molecule has 0 radical (unpaired) electrons. The maximum Gasteiger partial charge on any atom is 0.164 e. The fourth-order valence-electron chi connectivity index (χ4n) is 9.25. The van der Waals surface area contributed by atoms with Gasteiger partial charge in [-0.2, -0.15) is 0 Å². The molecule has 0 amide bonds. The number of benzene rings is 10. The van der Waals surface area contributed by atoms with Gasteiger partial charge in [0.2, 0.25) is 0 Å². The summed E-state index contributed by atoms with van der Waals surface area (Å²) in [7, 11) is 0. The Bertz CT molecular complexity index is 3640. The van der Waals surface area contributed by atoms with Crippen LogP contribution in [0.15, 0.2) is 231 Å². The summed E-state index contributed by atoms with van der Waals surface area (Å²) in [5.41, 5.74) is 13.2. The van der Waals surface area contributed by atoms with E-state index in [1.165, 1.54) is 60.0 Å². The minimum Gasteiger partial charge on any atom is -0.309 e. The van der Waals surface area contributed by atoms with Crippen LogP contribution in [0.3, 0.4) is 0 Å². The number of aromatic nitrogens is 4. The Labute approximate surface area is 365 Å². The lowest BCUT2D eigenvalue weighted by molar-refractivity contribution is 1.07. The summed E-state index contributed by atoms with van der Waals surface area (Å²) in [6.45, 7) is 0. The lowest BCUT2D eigenvalue weighted by Crippen LogP contribution is -2.01. The Morgan fingerprint density at radius 1 is 0.270 bits per heavy atom. The molecule has 2 aromatic heterocycles. The van der Waals surface area contributed by atoms with Crippen molar-refractivity contribution in [1.29, 1.82) is 0 Å². The zero-order valence-electron chi connectivity index (χ0n) is 34.2. The van der Waals surface area contributed by atoms with Crippen molar-refractivity contribution < 1.29 is 0 Å². The molecule has 0 aliphatic heterocycles. The van der Waals surface area contributed by atoms with E-state index in [1.54, 1.807) is 0 Å². The monoisotopic (exact) mass is 802 g/mol. The van der Waals surface area contributed by atoms with Gasteiger partial charge in [0.25, 0.3) is 0 Å². The molecular weight excluding hydrogens is 765 g/mol. The quantitative estimate of drug-likeness (QED) is 0.161. The highest BCUT2D eigenvalue weighted by atomic mass is 15.0. The van der Waals surface area contributed by atoms with Crippen LogP contribution in [-0.2, 0) is 0 Å². The maximum atomic E-state index is 5.18. The van der Waals surface area contributed by atoms with Crippen molar-refractivity contribution in [3.63, 3.8) is 0 Å². The second kappa shape index (κ2) is 15.2. The van der Waals surface area contributed by atoms with Crippen LogP contribution in [-0.4, -0.2) is 19.5 Å². The van der Waals surface area contributed by atoms with Gasteiger partial charge in [0.15, 0.2) is 17.5 Å². The van der Waals surface area contributed by atoms with Crippen molar-refractivity contribution in [1.82, 2.24) is 19.5 Å². The van der Waals surface area contributed by atoms with Gasteiger partial charge >= 0.3 is 0 Å². The third-order valence-electron chi connectivity index (χ3n) is 12.3. The molecule has 4 heteroatoms. The molecule has 12 aromatic rings. The summed E-state index contributed by atoms with van der Waals surface area (Å²) in [6, 6.07) is 81.7. The molecule has 0 fully saturated rings. The molecule has 10 aromatic carbocycles. The van der Waals surface area contributed by atoms with Crippen LogP contribution in [0.4, 0.5) is 0 Å². The molecule has 0 aliphatic carbocycles. The number of hydrogen-bond acceptors (Lipinski definition) is 3. The Morgan fingerprint density at radius 2 is 0.762 bits per heavy atom. The van der Waals surface area contributed by atoms with Gasteiger partial charge in [-0.1, -0.05) is 188 Å². The molecule has 0 unspecified atom stereocenters. The molecule has 0 bridgehead atoms. The SMILES string of the molecule is c1ccc(-c2cccc(-c3nc(-c4ccc(-c5cccc6cccc(-c7ccccc7)c56)cc4)nc(-c4ccc(-n5c6ccccc6c6c7ccccc7ccc65)cc4)n3)c2)cc1. The lowest BCUT2D eigenvalue weighted by atomic mass is 9.91. The summed E-state index contributed by atoms with van der Waals surface area (Å²) in [5.74, 6) is 1.86. The Morgan fingerprint density at radius 3 is 1.46 bits per heavy atom. The van der Waals surface area contributed by atoms with Crippen LogP contribution < -0.4 is 0 Å². The van der Waals surface area contributed by atoms with Crippen LogP contribution in [0, 0.1) is 0 Å². The van der Waals surface area contributed by atoms with Crippen LogP contribution in [0.25, 0.3) is 117 Å². The predicted octanol–water partition coefficient (Wildman–Crippen LogP) is 15.3. The summed E-state index contributed by atoms with van der Waals surface area (Å²) >= 11 is 0. The van der Waals surface area contributed by atoms with Gasteiger partial charge in [0.1, 0.15) is 0 Å². The first-order valence-electron chi connectivity index (χ1n) is 21.4. The molecule has 63 heavy (non-hydrogen) atoms. The standard InChI is InChI=1S/C59H38N4/c1-3-14-39(15-4-1)46-21-11-22-47(38-46)59-61-57(44-30-28-42(29-31-44)50-26-13-20-43-19-12-25-49(55(43)50)40-16-5-2-6-17-40)60-58(62-59)45-32-35-48(36-33-45)63-53-27-10-9-24-52(53)56-51-23-8-7-18-41(51)34-37-54(56)63/h1-38H. The van der Waals surface area contributed by atoms with Crippen LogP contribution in [0.1, 0.15) is 0 Å². The van der Waals surface area contributed by atoms with E-state index in [0.29, 0.717) is 17.5 Å².